The van der Waals surface area contributed by atoms with Gasteiger partial charge >= 0.3 is 0 Å². The maximum absolute atomic E-state index is 9.81. The van der Waals surface area contributed by atoms with Crippen molar-refractivity contribution < 1.29 is 0 Å². The molecule has 118 valence electrons. The highest BCUT2D eigenvalue weighted by atomic mass is 79.9. The Kier molecular flexibility index (Phi) is 3.42. The number of pyridine rings is 1. The van der Waals surface area contributed by atoms with Crippen LogP contribution < -0.4 is 5.73 Å². The topological polar surface area (TPSA) is 90.9 Å². The molecule has 2 N–H and O–H groups in total. The molecule has 0 amide bonds. The van der Waals surface area contributed by atoms with Crippen molar-refractivity contribution in [2.45, 2.75) is 0 Å². The monoisotopic (exact) mass is 387 g/mol. The summed E-state index contributed by atoms with van der Waals surface area (Å²) in [5.74, 6) is 0.281. The summed E-state index contributed by atoms with van der Waals surface area (Å²) in [7, 11) is 0. The minimum Gasteiger partial charge on any atom is -0.384 e. The summed E-state index contributed by atoms with van der Waals surface area (Å²) in [6, 6.07) is 19.3. The number of anilines is 1. The zero-order chi connectivity index (χ0) is 17.6. The molecule has 2 aromatic carbocycles. The van der Waals surface area contributed by atoms with Crippen LogP contribution in [0.4, 0.5) is 5.82 Å². The summed E-state index contributed by atoms with van der Waals surface area (Å²) in [6.07, 6.45) is 0. The third-order valence-electron chi connectivity index (χ3n) is 4.14. The lowest BCUT2D eigenvalue weighted by atomic mass is 9.96. The van der Waals surface area contributed by atoms with E-state index in [0.29, 0.717) is 16.8 Å². The maximum atomic E-state index is 9.81. The summed E-state index contributed by atoms with van der Waals surface area (Å²) < 4.78 is 2.59. The molecule has 2 heterocycles. The molecule has 0 spiro atoms. The van der Waals surface area contributed by atoms with E-state index in [0.717, 1.165) is 21.1 Å². The summed E-state index contributed by atoms with van der Waals surface area (Å²) in [6.45, 7) is 0. The highest BCUT2D eigenvalue weighted by Gasteiger charge is 2.22. The van der Waals surface area contributed by atoms with Crippen molar-refractivity contribution in [3.63, 3.8) is 0 Å². The number of nitrogens with zero attached hydrogens (tertiary/aromatic N) is 4. The van der Waals surface area contributed by atoms with Gasteiger partial charge in [0, 0.05) is 10.0 Å². The van der Waals surface area contributed by atoms with E-state index in [4.69, 9.17) is 5.73 Å². The Labute approximate surface area is 151 Å². The van der Waals surface area contributed by atoms with Crippen LogP contribution in [0, 0.1) is 22.7 Å². The number of halogens is 1. The molecular weight excluding hydrogens is 378 g/mol. The molecule has 4 aromatic rings. The summed E-state index contributed by atoms with van der Waals surface area (Å²) in [4.78, 5) is 4.57. The van der Waals surface area contributed by atoms with Gasteiger partial charge in [-0.3, -0.25) is 4.40 Å². The fraction of sp³-hybridized carbons (Fsp3) is 0. The number of aromatic nitrogens is 2. The molecule has 0 aliphatic rings. The Bertz CT molecular complexity index is 1220. The quantitative estimate of drug-likeness (QED) is 0.528. The number of benzene rings is 2. The lowest BCUT2D eigenvalue weighted by Gasteiger charge is -2.12. The van der Waals surface area contributed by atoms with Gasteiger partial charge in [0.25, 0.3) is 0 Å². The molecule has 4 rings (SSSR count). The minimum absolute atomic E-state index is 0.273. The number of hydrogen-bond donors (Lipinski definition) is 1. The largest absolute Gasteiger partial charge is 0.384 e. The fourth-order valence-electron chi connectivity index (χ4n) is 3.04. The first-order valence-corrected chi connectivity index (χ1v) is 8.23. The van der Waals surface area contributed by atoms with E-state index in [1.807, 2.05) is 48.5 Å². The normalized spacial score (nSPS) is 10.7. The van der Waals surface area contributed by atoms with Crippen molar-refractivity contribution in [1.29, 1.82) is 10.5 Å². The first-order valence-electron chi connectivity index (χ1n) is 7.44. The Morgan fingerprint density at radius 3 is 2.32 bits per heavy atom. The molecule has 0 unspecified atom stereocenters. The lowest BCUT2D eigenvalue weighted by molar-refractivity contribution is 1.21. The van der Waals surface area contributed by atoms with Gasteiger partial charge in [0.05, 0.1) is 11.0 Å². The number of nitrogen functional groups attached to an aromatic ring is 1. The average Bonchev–Trinajstić information content (AvgIpc) is 3.02. The predicted molar refractivity (Wildman–Crippen MR) is 99.7 cm³/mol. The van der Waals surface area contributed by atoms with Gasteiger partial charge in [-0.1, -0.05) is 40.2 Å². The van der Waals surface area contributed by atoms with Gasteiger partial charge in [-0.15, -0.1) is 0 Å². The molecule has 0 aliphatic carbocycles. The van der Waals surface area contributed by atoms with E-state index < -0.39 is 0 Å². The van der Waals surface area contributed by atoms with Crippen molar-refractivity contribution in [3.05, 3.63) is 64.1 Å². The third kappa shape index (κ3) is 2.16. The molecule has 0 radical (unpaired) electrons. The second kappa shape index (κ2) is 5.62. The van der Waals surface area contributed by atoms with E-state index in [-0.39, 0.29) is 11.4 Å². The Morgan fingerprint density at radius 2 is 1.64 bits per heavy atom. The van der Waals surface area contributed by atoms with Crippen LogP contribution in [0.5, 0.6) is 0 Å². The number of rotatable bonds is 1. The van der Waals surface area contributed by atoms with Crippen molar-refractivity contribution in [2.75, 3.05) is 5.73 Å². The Hall–Kier alpha value is -3.35. The first-order chi connectivity index (χ1) is 12.2. The summed E-state index contributed by atoms with van der Waals surface area (Å²) >= 11 is 3.40. The van der Waals surface area contributed by atoms with Gasteiger partial charge in [0.2, 0.25) is 0 Å². The second-order valence-electron chi connectivity index (χ2n) is 5.50. The van der Waals surface area contributed by atoms with Gasteiger partial charge < -0.3 is 5.73 Å². The molecule has 6 heteroatoms. The van der Waals surface area contributed by atoms with E-state index in [9.17, 15) is 10.5 Å². The zero-order valence-electron chi connectivity index (χ0n) is 12.9. The SMILES string of the molecule is N#Cc1c(-c2ccc(Br)cc2)c(C#N)c2nc3ccccc3n2c1N. The zero-order valence-corrected chi connectivity index (χ0v) is 14.4. The number of nitriles is 2. The van der Waals surface area contributed by atoms with Gasteiger partial charge in [0.15, 0.2) is 5.65 Å². The molecule has 0 aliphatic heterocycles. The van der Waals surface area contributed by atoms with Crippen molar-refractivity contribution >= 4 is 38.4 Å². The van der Waals surface area contributed by atoms with Gasteiger partial charge in [-0.2, -0.15) is 10.5 Å². The van der Waals surface area contributed by atoms with Crippen LogP contribution in [-0.4, -0.2) is 9.38 Å². The van der Waals surface area contributed by atoms with Gasteiger partial charge in [-0.05, 0) is 29.8 Å². The molecule has 0 saturated heterocycles. The van der Waals surface area contributed by atoms with Crippen molar-refractivity contribution in [1.82, 2.24) is 9.38 Å². The molecule has 0 saturated carbocycles. The van der Waals surface area contributed by atoms with E-state index >= 15 is 0 Å². The van der Waals surface area contributed by atoms with Crippen LogP contribution in [0.1, 0.15) is 11.1 Å². The van der Waals surface area contributed by atoms with E-state index in [1.165, 1.54) is 0 Å². The van der Waals surface area contributed by atoms with Crippen LogP contribution in [0.15, 0.2) is 53.0 Å². The second-order valence-corrected chi connectivity index (χ2v) is 6.42. The van der Waals surface area contributed by atoms with Crippen molar-refractivity contribution in [3.8, 4) is 23.3 Å². The number of imidazole rings is 1. The first kappa shape index (κ1) is 15.2. The van der Waals surface area contributed by atoms with Crippen LogP contribution >= 0.6 is 15.9 Å². The van der Waals surface area contributed by atoms with E-state index in [1.54, 1.807) is 4.40 Å². The molecule has 25 heavy (non-hydrogen) atoms. The minimum atomic E-state index is 0.273. The smallest absolute Gasteiger partial charge is 0.158 e. The molecule has 5 nitrogen and oxygen atoms in total. The molecular formula is C19H10BrN5. The third-order valence-corrected chi connectivity index (χ3v) is 4.67. The fourth-order valence-corrected chi connectivity index (χ4v) is 3.30. The van der Waals surface area contributed by atoms with Crippen LogP contribution in [0.2, 0.25) is 0 Å². The predicted octanol–water partition coefficient (Wildman–Crippen LogP) is 4.24. The molecule has 0 atom stereocenters. The highest BCUT2D eigenvalue weighted by molar-refractivity contribution is 9.10. The van der Waals surface area contributed by atoms with Crippen molar-refractivity contribution in [2.24, 2.45) is 0 Å². The highest BCUT2D eigenvalue weighted by Crippen LogP contribution is 2.36. The molecule has 2 aromatic heterocycles. The van der Waals surface area contributed by atoms with Crippen LogP contribution in [0.25, 0.3) is 27.8 Å². The summed E-state index contributed by atoms with van der Waals surface area (Å²) in [5, 5.41) is 19.5. The number of fused-ring (bicyclic) bond motifs is 3. The number of hydrogen-bond acceptors (Lipinski definition) is 4. The number of nitrogens with two attached hydrogens (primary N) is 1. The van der Waals surface area contributed by atoms with E-state index in [2.05, 4.69) is 33.1 Å². The Balaban J connectivity index is 2.24. The Morgan fingerprint density at radius 1 is 0.960 bits per heavy atom. The van der Waals surface area contributed by atoms with Gasteiger partial charge in [0.1, 0.15) is 29.1 Å². The van der Waals surface area contributed by atoms with Crippen LogP contribution in [-0.2, 0) is 0 Å². The molecule has 0 fully saturated rings. The maximum Gasteiger partial charge on any atom is 0.158 e. The number of para-hydroxylation sites is 2. The average molecular weight is 388 g/mol. The lowest BCUT2D eigenvalue weighted by Crippen LogP contribution is -2.05. The summed E-state index contributed by atoms with van der Waals surface area (Å²) in [5.41, 5.74) is 10.1. The van der Waals surface area contributed by atoms with Gasteiger partial charge in [-0.25, -0.2) is 4.98 Å². The standard InChI is InChI=1S/C19H10BrN5/c20-12-7-5-11(6-8-12)17-13(9-21)18(23)25-16-4-2-1-3-15(16)24-19(25)14(17)10-22/h1-8H,23H2. The molecule has 0 bridgehead atoms. The van der Waals surface area contributed by atoms with Crippen LogP contribution in [0.3, 0.4) is 0 Å².